The lowest BCUT2D eigenvalue weighted by atomic mass is 10.1. The summed E-state index contributed by atoms with van der Waals surface area (Å²) < 4.78 is 0. The Hall–Kier alpha value is -1.77. The van der Waals surface area contributed by atoms with Crippen molar-refractivity contribution in [1.82, 2.24) is 0 Å². The van der Waals surface area contributed by atoms with E-state index in [2.05, 4.69) is 0 Å². The Morgan fingerprint density at radius 1 is 1.29 bits per heavy atom. The number of phenolic OH excluding ortho intramolecular Hbond substituents is 2. The van der Waals surface area contributed by atoms with Crippen molar-refractivity contribution >= 4 is 6.29 Å². The van der Waals surface area contributed by atoms with Gasteiger partial charge in [0.15, 0.2) is 6.29 Å². The fourth-order valence-electron chi connectivity index (χ4n) is 1.14. The summed E-state index contributed by atoms with van der Waals surface area (Å²) in [6, 6.07) is 2.67. The van der Waals surface area contributed by atoms with Crippen LogP contribution in [0.25, 0.3) is 0 Å². The van der Waals surface area contributed by atoms with Crippen LogP contribution < -0.4 is 0 Å². The zero-order valence-electron chi connectivity index (χ0n) is 7.90. The van der Waals surface area contributed by atoms with Gasteiger partial charge in [0, 0.05) is 6.07 Å². The molecule has 0 aliphatic heterocycles. The van der Waals surface area contributed by atoms with Gasteiger partial charge in [-0.3, -0.25) is 4.79 Å². The van der Waals surface area contributed by atoms with E-state index in [1.165, 1.54) is 12.1 Å². The van der Waals surface area contributed by atoms with Crippen LogP contribution in [0.1, 0.15) is 22.8 Å². The van der Waals surface area contributed by atoms with Crippen LogP contribution in [0.4, 0.5) is 0 Å². The monoisotopic (exact) mass is 192 g/mol. The van der Waals surface area contributed by atoms with Crippen LogP contribution in [-0.4, -0.2) is 16.5 Å². The number of benzene rings is 1. The Balaban J connectivity index is 3.10. The highest BCUT2D eigenvalue weighted by atomic mass is 16.3. The fraction of sp³-hybridized carbons (Fsp3) is 0.182. The molecule has 0 unspecified atom stereocenters. The number of hydrogen-bond donors (Lipinski definition) is 2. The summed E-state index contributed by atoms with van der Waals surface area (Å²) in [4.78, 5) is 10.5. The number of rotatable bonds is 3. The van der Waals surface area contributed by atoms with Crippen LogP contribution in [0.3, 0.4) is 0 Å². The number of phenols is 2. The van der Waals surface area contributed by atoms with Crippen molar-refractivity contribution in [2.75, 3.05) is 0 Å². The summed E-state index contributed by atoms with van der Waals surface area (Å²) in [5, 5.41) is 18.7. The molecule has 0 aromatic heterocycles. The van der Waals surface area contributed by atoms with Crippen molar-refractivity contribution < 1.29 is 15.0 Å². The van der Waals surface area contributed by atoms with Crippen LogP contribution in [0.2, 0.25) is 0 Å². The van der Waals surface area contributed by atoms with Gasteiger partial charge in [0.2, 0.25) is 0 Å². The third kappa shape index (κ3) is 2.13. The minimum Gasteiger partial charge on any atom is -0.508 e. The highest BCUT2D eigenvalue weighted by Crippen LogP contribution is 2.26. The zero-order chi connectivity index (χ0) is 10.6. The molecule has 3 nitrogen and oxygen atoms in total. The van der Waals surface area contributed by atoms with E-state index in [9.17, 15) is 15.0 Å². The molecule has 0 spiro atoms. The summed E-state index contributed by atoms with van der Waals surface area (Å²) in [6.45, 7) is 1.87. The maximum Gasteiger partial charge on any atom is 0.153 e. The van der Waals surface area contributed by atoms with Gasteiger partial charge < -0.3 is 10.2 Å². The second-order valence-corrected chi connectivity index (χ2v) is 2.93. The first-order chi connectivity index (χ1) is 6.69. The van der Waals surface area contributed by atoms with E-state index in [1.54, 1.807) is 0 Å². The minimum absolute atomic E-state index is 0.00574. The standard InChI is InChI=1S/C11H12O3/c1-2-3-4-8-5-9(7-12)11(14)6-10(8)13/h2-3,5-7,13-14H,4H2,1H3/b3-2+. The van der Waals surface area contributed by atoms with Crippen LogP contribution in [0, 0.1) is 0 Å². The van der Waals surface area contributed by atoms with Crippen LogP contribution in [0.5, 0.6) is 11.5 Å². The molecule has 0 heterocycles. The Kier molecular flexibility index (Phi) is 3.29. The Bertz CT molecular complexity index is 367. The van der Waals surface area contributed by atoms with Gasteiger partial charge in [-0.15, -0.1) is 0 Å². The molecule has 0 aliphatic rings. The molecule has 0 fully saturated rings. The predicted octanol–water partition coefficient (Wildman–Crippen LogP) is 2.03. The second-order valence-electron chi connectivity index (χ2n) is 2.93. The van der Waals surface area contributed by atoms with Crippen molar-refractivity contribution in [3.63, 3.8) is 0 Å². The zero-order valence-corrected chi connectivity index (χ0v) is 7.90. The van der Waals surface area contributed by atoms with Crippen LogP contribution in [0.15, 0.2) is 24.3 Å². The summed E-state index contributed by atoms with van der Waals surface area (Å²) in [7, 11) is 0. The minimum atomic E-state index is -0.193. The summed E-state index contributed by atoms with van der Waals surface area (Å²) in [5.74, 6) is -0.187. The molecule has 1 aromatic rings. The molecular formula is C11H12O3. The van der Waals surface area contributed by atoms with E-state index < -0.39 is 0 Å². The molecule has 1 rings (SSSR count). The summed E-state index contributed by atoms with van der Waals surface area (Å²) in [5.41, 5.74) is 0.824. The van der Waals surface area contributed by atoms with Gasteiger partial charge in [-0.1, -0.05) is 12.2 Å². The summed E-state index contributed by atoms with van der Waals surface area (Å²) >= 11 is 0. The Morgan fingerprint density at radius 3 is 2.57 bits per heavy atom. The van der Waals surface area contributed by atoms with Crippen LogP contribution in [-0.2, 0) is 6.42 Å². The average Bonchev–Trinajstić information content (AvgIpc) is 2.17. The largest absolute Gasteiger partial charge is 0.508 e. The molecule has 0 saturated heterocycles. The fourth-order valence-corrected chi connectivity index (χ4v) is 1.14. The SMILES string of the molecule is C/C=C/Cc1cc(C=O)c(O)cc1O. The molecule has 0 amide bonds. The molecule has 0 aliphatic carbocycles. The van der Waals surface area contributed by atoms with E-state index >= 15 is 0 Å². The first-order valence-corrected chi connectivity index (χ1v) is 4.30. The highest BCUT2D eigenvalue weighted by Gasteiger charge is 2.06. The van der Waals surface area contributed by atoms with E-state index in [0.717, 1.165) is 0 Å². The van der Waals surface area contributed by atoms with Gasteiger partial charge >= 0.3 is 0 Å². The molecule has 0 saturated carbocycles. The van der Waals surface area contributed by atoms with Gasteiger partial charge in [-0.05, 0) is 25.0 Å². The van der Waals surface area contributed by atoms with Gasteiger partial charge in [-0.25, -0.2) is 0 Å². The highest BCUT2D eigenvalue weighted by molar-refractivity contribution is 5.80. The maximum atomic E-state index is 10.5. The predicted molar refractivity (Wildman–Crippen MR) is 53.7 cm³/mol. The van der Waals surface area contributed by atoms with Gasteiger partial charge in [0.25, 0.3) is 0 Å². The third-order valence-corrected chi connectivity index (χ3v) is 1.93. The molecule has 0 radical (unpaired) electrons. The number of hydrogen-bond acceptors (Lipinski definition) is 3. The number of carbonyl (C=O) groups excluding carboxylic acids is 1. The average molecular weight is 192 g/mol. The lowest BCUT2D eigenvalue weighted by Gasteiger charge is -2.04. The van der Waals surface area contributed by atoms with Crippen LogP contribution >= 0.6 is 0 Å². The molecule has 3 heteroatoms. The molecule has 74 valence electrons. The van der Waals surface area contributed by atoms with E-state index in [4.69, 9.17) is 0 Å². The molecule has 14 heavy (non-hydrogen) atoms. The Labute approximate surface area is 82.3 Å². The van der Waals surface area contributed by atoms with E-state index in [1.807, 2.05) is 19.1 Å². The second kappa shape index (κ2) is 4.46. The van der Waals surface area contributed by atoms with Gasteiger partial charge in [0.05, 0.1) is 5.56 Å². The van der Waals surface area contributed by atoms with E-state index in [0.29, 0.717) is 18.3 Å². The van der Waals surface area contributed by atoms with Gasteiger partial charge in [0.1, 0.15) is 11.5 Å². The Morgan fingerprint density at radius 2 is 2.00 bits per heavy atom. The first kappa shape index (κ1) is 10.3. The first-order valence-electron chi connectivity index (χ1n) is 4.30. The van der Waals surface area contributed by atoms with Crippen molar-refractivity contribution in [2.45, 2.75) is 13.3 Å². The number of allylic oxidation sites excluding steroid dienone is 2. The van der Waals surface area contributed by atoms with Gasteiger partial charge in [-0.2, -0.15) is 0 Å². The maximum absolute atomic E-state index is 10.5. The van der Waals surface area contributed by atoms with Crippen molar-refractivity contribution in [3.8, 4) is 11.5 Å². The number of aldehydes is 1. The number of carbonyl (C=O) groups is 1. The molecular weight excluding hydrogens is 180 g/mol. The molecule has 2 N–H and O–H groups in total. The normalized spacial score (nSPS) is 10.6. The molecule has 0 atom stereocenters. The van der Waals surface area contributed by atoms with Crippen molar-refractivity contribution in [2.24, 2.45) is 0 Å². The van der Waals surface area contributed by atoms with Crippen molar-refractivity contribution in [3.05, 3.63) is 35.4 Å². The lowest BCUT2D eigenvalue weighted by Crippen LogP contribution is -1.88. The quantitative estimate of drug-likeness (QED) is 0.569. The third-order valence-electron chi connectivity index (χ3n) is 1.93. The smallest absolute Gasteiger partial charge is 0.153 e. The lowest BCUT2D eigenvalue weighted by molar-refractivity contribution is 0.112. The van der Waals surface area contributed by atoms with E-state index in [-0.39, 0.29) is 17.1 Å². The number of aromatic hydroxyl groups is 2. The summed E-state index contributed by atoms with van der Waals surface area (Å²) in [6.07, 6.45) is 4.82. The topological polar surface area (TPSA) is 57.5 Å². The van der Waals surface area contributed by atoms with Crippen molar-refractivity contribution in [1.29, 1.82) is 0 Å². The molecule has 1 aromatic carbocycles. The molecule has 0 bridgehead atoms.